The summed E-state index contributed by atoms with van der Waals surface area (Å²) in [5.74, 6) is -1.03. The van der Waals surface area contributed by atoms with Gasteiger partial charge in [-0.2, -0.15) is 0 Å². The molecule has 1 amide bonds. The highest BCUT2D eigenvalue weighted by atomic mass is 79.9. The number of halogens is 2. The lowest BCUT2D eigenvalue weighted by Crippen LogP contribution is -2.29. The van der Waals surface area contributed by atoms with E-state index in [2.05, 4.69) is 20.9 Å². The molecular formula is C20H10BrFN2O3S. The summed E-state index contributed by atoms with van der Waals surface area (Å²) >= 11 is 4.72. The number of nitrogens with zero attached hydrogens (tertiary/aromatic N) is 2. The molecule has 5 rings (SSSR count). The number of thiazole rings is 1. The van der Waals surface area contributed by atoms with Crippen LogP contribution in [-0.4, -0.2) is 10.9 Å². The van der Waals surface area contributed by atoms with E-state index in [4.69, 9.17) is 4.42 Å². The van der Waals surface area contributed by atoms with E-state index in [1.165, 1.54) is 28.4 Å². The maximum Gasteiger partial charge on any atom is 0.297 e. The third-order valence-electron chi connectivity index (χ3n) is 4.62. The Kier molecular flexibility index (Phi) is 3.92. The van der Waals surface area contributed by atoms with Crippen molar-refractivity contribution >= 4 is 49.3 Å². The van der Waals surface area contributed by atoms with Crippen LogP contribution in [0.15, 0.2) is 67.7 Å². The highest BCUT2D eigenvalue weighted by Gasteiger charge is 2.44. The number of amides is 1. The van der Waals surface area contributed by atoms with Gasteiger partial charge < -0.3 is 4.42 Å². The molecule has 0 saturated carbocycles. The standard InChI is InChI=1S/C20H10BrFN2O3S/c21-11-3-1-2-10(8-11)16-15-17(25)13-9-12(22)4-5-14(13)27-18(15)19(26)24(16)20-23-6-7-28-20/h1-9,16H. The lowest BCUT2D eigenvalue weighted by atomic mass is 9.99. The Bertz CT molecular complexity index is 1300. The van der Waals surface area contributed by atoms with Crippen LogP contribution in [0.2, 0.25) is 0 Å². The van der Waals surface area contributed by atoms with E-state index in [-0.39, 0.29) is 22.3 Å². The molecule has 0 radical (unpaired) electrons. The van der Waals surface area contributed by atoms with Gasteiger partial charge in [-0.3, -0.25) is 14.5 Å². The number of carbonyl (C=O) groups is 1. The number of fused-ring (bicyclic) bond motifs is 2. The smallest absolute Gasteiger partial charge is 0.297 e. The number of rotatable bonds is 2. The zero-order chi connectivity index (χ0) is 19.4. The molecule has 138 valence electrons. The number of benzene rings is 2. The fourth-order valence-corrected chi connectivity index (χ4v) is 4.55. The maximum absolute atomic E-state index is 13.7. The van der Waals surface area contributed by atoms with Gasteiger partial charge in [-0.25, -0.2) is 9.37 Å². The number of anilines is 1. The van der Waals surface area contributed by atoms with Crippen LogP contribution < -0.4 is 10.3 Å². The second-order valence-corrected chi connectivity index (χ2v) is 8.05. The minimum Gasteiger partial charge on any atom is -0.450 e. The molecule has 1 atom stereocenters. The number of hydrogen-bond acceptors (Lipinski definition) is 5. The second-order valence-electron chi connectivity index (χ2n) is 6.26. The van der Waals surface area contributed by atoms with Crippen LogP contribution in [0.3, 0.4) is 0 Å². The number of hydrogen-bond donors (Lipinski definition) is 0. The third-order valence-corrected chi connectivity index (χ3v) is 5.89. The highest BCUT2D eigenvalue weighted by Crippen LogP contribution is 2.42. The summed E-state index contributed by atoms with van der Waals surface area (Å²) in [4.78, 5) is 32.2. The Morgan fingerprint density at radius 1 is 1.18 bits per heavy atom. The summed E-state index contributed by atoms with van der Waals surface area (Å²) in [5.41, 5.74) is 0.664. The van der Waals surface area contributed by atoms with E-state index < -0.39 is 23.2 Å². The average molecular weight is 457 g/mol. The van der Waals surface area contributed by atoms with E-state index in [0.29, 0.717) is 5.13 Å². The van der Waals surface area contributed by atoms with Crippen molar-refractivity contribution in [3.63, 3.8) is 0 Å². The molecule has 2 aromatic carbocycles. The summed E-state index contributed by atoms with van der Waals surface area (Å²) in [6.07, 6.45) is 1.59. The van der Waals surface area contributed by atoms with Crippen molar-refractivity contribution in [1.82, 2.24) is 4.98 Å². The quantitative estimate of drug-likeness (QED) is 0.430. The molecule has 0 N–H and O–H groups in total. The monoisotopic (exact) mass is 456 g/mol. The molecule has 8 heteroatoms. The Balaban J connectivity index is 1.85. The summed E-state index contributed by atoms with van der Waals surface area (Å²) < 4.78 is 20.3. The zero-order valence-corrected chi connectivity index (χ0v) is 16.5. The molecular weight excluding hydrogens is 447 g/mol. The van der Waals surface area contributed by atoms with Crippen molar-refractivity contribution in [2.75, 3.05) is 4.90 Å². The van der Waals surface area contributed by atoms with E-state index in [1.54, 1.807) is 11.6 Å². The molecule has 0 saturated heterocycles. The van der Waals surface area contributed by atoms with Crippen molar-refractivity contribution in [1.29, 1.82) is 0 Å². The minimum absolute atomic E-state index is 0.0377. The number of aromatic nitrogens is 1. The molecule has 0 aliphatic carbocycles. The predicted molar refractivity (Wildman–Crippen MR) is 107 cm³/mol. The molecule has 3 heterocycles. The maximum atomic E-state index is 13.7. The normalized spacial score (nSPS) is 16.0. The van der Waals surface area contributed by atoms with Crippen LogP contribution in [0.5, 0.6) is 0 Å². The van der Waals surface area contributed by atoms with Crippen molar-refractivity contribution in [2.45, 2.75) is 6.04 Å². The lowest BCUT2D eigenvalue weighted by molar-refractivity contribution is 0.0971. The van der Waals surface area contributed by atoms with E-state index >= 15 is 0 Å². The topological polar surface area (TPSA) is 63.4 Å². The van der Waals surface area contributed by atoms with Gasteiger partial charge in [-0.05, 0) is 35.9 Å². The SMILES string of the molecule is O=C1c2oc3ccc(F)cc3c(=O)c2C(c2cccc(Br)c2)N1c1nccs1. The molecule has 5 nitrogen and oxygen atoms in total. The zero-order valence-electron chi connectivity index (χ0n) is 14.1. The number of carbonyl (C=O) groups excluding carboxylic acids is 1. The van der Waals surface area contributed by atoms with Gasteiger partial charge in [0.15, 0.2) is 10.6 Å². The van der Waals surface area contributed by atoms with E-state index in [9.17, 15) is 14.0 Å². The Hall–Kier alpha value is -2.84. The van der Waals surface area contributed by atoms with Crippen LogP contribution in [0.1, 0.15) is 27.7 Å². The highest BCUT2D eigenvalue weighted by molar-refractivity contribution is 9.10. The van der Waals surface area contributed by atoms with Crippen molar-refractivity contribution < 1.29 is 13.6 Å². The van der Waals surface area contributed by atoms with Gasteiger partial charge in [0.25, 0.3) is 5.91 Å². The van der Waals surface area contributed by atoms with Crippen molar-refractivity contribution in [3.05, 3.63) is 91.4 Å². The average Bonchev–Trinajstić information content (AvgIpc) is 3.29. The van der Waals surface area contributed by atoms with Crippen LogP contribution in [-0.2, 0) is 0 Å². The van der Waals surface area contributed by atoms with Crippen LogP contribution >= 0.6 is 27.3 Å². The Labute approximate surface area is 170 Å². The van der Waals surface area contributed by atoms with Crippen molar-refractivity contribution in [3.8, 4) is 0 Å². The Morgan fingerprint density at radius 2 is 2.04 bits per heavy atom. The summed E-state index contributed by atoms with van der Waals surface area (Å²) in [5, 5.41) is 2.31. The first-order valence-electron chi connectivity index (χ1n) is 8.29. The minimum atomic E-state index is -0.713. The van der Waals surface area contributed by atoms with Crippen LogP contribution in [0, 0.1) is 5.82 Å². The van der Waals surface area contributed by atoms with Gasteiger partial charge in [0.05, 0.1) is 17.0 Å². The predicted octanol–water partition coefficient (Wildman–Crippen LogP) is 4.90. The Morgan fingerprint density at radius 3 is 2.79 bits per heavy atom. The second kappa shape index (κ2) is 6.35. The molecule has 28 heavy (non-hydrogen) atoms. The van der Waals surface area contributed by atoms with Gasteiger partial charge in [0.1, 0.15) is 11.4 Å². The fourth-order valence-electron chi connectivity index (χ4n) is 3.47. The van der Waals surface area contributed by atoms with Gasteiger partial charge in [-0.15, -0.1) is 11.3 Å². The largest absolute Gasteiger partial charge is 0.450 e. The van der Waals surface area contributed by atoms with Crippen LogP contribution in [0.25, 0.3) is 11.0 Å². The molecule has 2 aromatic heterocycles. The first-order valence-corrected chi connectivity index (χ1v) is 9.96. The summed E-state index contributed by atoms with van der Waals surface area (Å²) in [6, 6.07) is 10.3. The van der Waals surface area contributed by atoms with Gasteiger partial charge in [0, 0.05) is 16.0 Å². The molecule has 0 bridgehead atoms. The molecule has 1 unspecified atom stereocenters. The summed E-state index contributed by atoms with van der Waals surface area (Å²) in [6.45, 7) is 0. The first-order chi connectivity index (χ1) is 13.5. The molecule has 1 aliphatic rings. The van der Waals surface area contributed by atoms with E-state index in [1.807, 2.05) is 24.3 Å². The summed E-state index contributed by atoms with van der Waals surface area (Å²) in [7, 11) is 0. The van der Waals surface area contributed by atoms with Crippen LogP contribution in [0.4, 0.5) is 9.52 Å². The van der Waals surface area contributed by atoms with Gasteiger partial charge in [0.2, 0.25) is 5.76 Å². The molecule has 0 spiro atoms. The third kappa shape index (κ3) is 2.52. The van der Waals surface area contributed by atoms with E-state index in [0.717, 1.165) is 16.1 Å². The van der Waals surface area contributed by atoms with Crippen molar-refractivity contribution in [2.24, 2.45) is 0 Å². The molecule has 0 fully saturated rings. The lowest BCUT2D eigenvalue weighted by Gasteiger charge is -2.22. The van der Waals surface area contributed by atoms with Gasteiger partial charge in [-0.1, -0.05) is 28.1 Å². The fraction of sp³-hybridized carbons (Fsp3) is 0.0500. The molecule has 4 aromatic rings. The first kappa shape index (κ1) is 17.3. The van der Waals surface area contributed by atoms with Gasteiger partial charge >= 0.3 is 0 Å². The molecule has 1 aliphatic heterocycles.